The van der Waals surface area contributed by atoms with Crippen molar-refractivity contribution in [2.75, 3.05) is 5.73 Å². The van der Waals surface area contributed by atoms with Crippen LogP contribution in [0, 0.1) is 13.8 Å². The second-order valence-corrected chi connectivity index (χ2v) is 10.6. The average molecular weight is 511 g/mol. The Labute approximate surface area is 199 Å². The van der Waals surface area contributed by atoms with Gasteiger partial charge in [-0.2, -0.15) is 4.57 Å². The fourth-order valence-corrected chi connectivity index (χ4v) is 6.10. The minimum absolute atomic E-state index is 0.0372. The molecule has 0 amide bonds. The summed E-state index contributed by atoms with van der Waals surface area (Å²) in [5.74, 6) is 0.759. The number of rotatable bonds is 6. The van der Waals surface area contributed by atoms with Crippen molar-refractivity contribution in [3.05, 3.63) is 105 Å². The third-order valence-electron chi connectivity index (χ3n) is 4.81. The predicted molar refractivity (Wildman–Crippen MR) is 133 cm³/mol. The van der Waals surface area contributed by atoms with Crippen molar-refractivity contribution in [3.8, 4) is 5.69 Å². The van der Waals surface area contributed by atoms with Gasteiger partial charge in [-0.25, -0.2) is 0 Å². The summed E-state index contributed by atoms with van der Waals surface area (Å²) in [5.41, 5.74) is 12.2. The molecule has 0 saturated carbocycles. The third kappa shape index (κ3) is 4.92. The van der Waals surface area contributed by atoms with Crippen LogP contribution in [0.2, 0.25) is 0 Å². The van der Waals surface area contributed by atoms with E-state index in [1.807, 2.05) is 42.5 Å². The second kappa shape index (κ2) is 9.39. The molecule has 3 nitrogen and oxygen atoms in total. The normalized spacial score (nSPS) is 10.9. The van der Waals surface area contributed by atoms with Crippen molar-refractivity contribution < 1.29 is 9.36 Å². The molecule has 2 aromatic carbocycles. The van der Waals surface area contributed by atoms with Crippen LogP contribution in [-0.4, -0.2) is 5.78 Å². The summed E-state index contributed by atoms with van der Waals surface area (Å²) in [5, 5.41) is 0. The van der Waals surface area contributed by atoms with E-state index >= 15 is 0 Å². The summed E-state index contributed by atoms with van der Waals surface area (Å²) in [6.07, 6.45) is 4.12. The number of thiophene rings is 1. The topological polar surface area (TPSA) is 47.0 Å². The van der Waals surface area contributed by atoms with Gasteiger partial charge in [-0.3, -0.25) is 4.79 Å². The van der Waals surface area contributed by atoms with Crippen LogP contribution < -0.4 is 10.3 Å². The number of hydrogen-bond donors (Lipinski definition) is 1. The minimum atomic E-state index is -0.0372. The minimum Gasteiger partial charge on any atom is -0.392 e. The molecule has 2 aromatic heterocycles. The number of nitrogen functional groups attached to an aromatic ring is 1. The van der Waals surface area contributed by atoms with Gasteiger partial charge >= 0.3 is 0 Å². The monoisotopic (exact) mass is 509 g/mol. The van der Waals surface area contributed by atoms with E-state index < -0.39 is 0 Å². The lowest BCUT2D eigenvalue weighted by Crippen LogP contribution is -2.32. The first-order valence-electron chi connectivity index (χ1n) is 9.81. The summed E-state index contributed by atoms with van der Waals surface area (Å²) in [6, 6.07) is 19.8. The number of hydrogen-bond acceptors (Lipinski definition) is 4. The van der Waals surface area contributed by atoms with E-state index in [1.165, 1.54) is 16.9 Å². The number of anilines is 1. The fourth-order valence-electron chi connectivity index (χ4n) is 3.41. The van der Waals surface area contributed by atoms with Crippen LogP contribution in [-0.2, 0) is 5.75 Å². The van der Waals surface area contributed by atoms with E-state index in [9.17, 15) is 4.79 Å². The van der Waals surface area contributed by atoms with Crippen LogP contribution in [0.3, 0.4) is 0 Å². The second-order valence-electron chi connectivity index (χ2n) is 7.39. The molecule has 2 N–H and O–H groups in total. The van der Waals surface area contributed by atoms with Crippen molar-refractivity contribution in [2.45, 2.75) is 23.8 Å². The maximum absolute atomic E-state index is 13.2. The number of benzene rings is 2. The summed E-state index contributed by atoms with van der Waals surface area (Å²) < 4.78 is 4.15. The van der Waals surface area contributed by atoms with Crippen LogP contribution >= 0.6 is 39.0 Å². The van der Waals surface area contributed by atoms with Gasteiger partial charge in [0.15, 0.2) is 12.4 Å². The van der Waals surface area contributed by atoms with Crippen molar-refractivity contribution in [1.82, 2.24) is 0 Å². The SMILES string of the molecule is Cc1cc(C)c[n+](-c2c(SCc3ccc(Br)cc3)sc(C(=O)c3ccccc3)c2N)c1. The zero-order valence-corrected chi connectivity index (χ0v) is 20.5. The van der Waals surface area contributed by atoms with E-state index in [2.05, 4.69) is 64.9 Å². The van der Waals surface area contributed by atoms with Gasteiger partial charge in [-0.05, 0) is 37.6 Å². The fraction of sp³-hybridized carbons (Fsp3) is 0.120. The Hall–Kier alpha value is -2.41. The molecular formula is C25H22BrN2OS2+. The van der Waals surface area contributed by atoms with E-state index in [1.54, 1.807) is 11.8 Å². The summed E-state index contributed by atoms with van der Waals surface area (Å²) in [6.45, 7) is 4.13. The molecule has 0 aliphatic rings. The number of nitrogens with zero attached hydrogens (tertiary/aromatic N) is 1. The Morgan fingerprint density at radius 2 is 1.68 bits per heavy atom. The Morgan fingerprint density at radius 3 is 2.32 bits per heavy atom. The largest absolute Gasteiger partial charge is 0.392 e. The molecule has 2 heterocycles. The van der Waals surface area contributed by atoms with Gasteiger partial charge in [-0.15, -0.1) is 23.1 Å². The maximum atomic E-state index is 13.2. The average Bonchev–Trinajstić information content (AvgIpc) is 3.09. The molecular weight excluding hydrogens is 488 g/mol. The summed E-state index contributed by atoms with van der Waals surface area (Å²) in [7, 11) is 0. The zero-order chi connectivity index (χ0) is 22.0. The molecule has 0 spiro atoms. The molecule has 156 valence electrons. The lowest BCUT2D eigenvalue weighted by molar-refractivity contribution is -0.597. The van der Waals surface area contributed by atoms with Crippen molar-refractivity contribution in [1.29, 1.82) is 0 Å². The molecule has 0 radical (unpaired) electrons. The van der Waals surface area contributed by atoms with E-state index in [-0.39, 0.29) is 5.78 Å². The number of aromatic nitrogens is 1. The number of pyridine rings is 1. The lowest BCUT2D eigenvalue weighted by atomic mass is 10.1. The molecule has 0 saturated heterocycles. The van der Waals surface area contributed by atoms with Gasteiger partial charge in [0.2, 0.25) is 5.78 Å². The molecule has 0 atom stereocenters. The number of carbonyl (C=O) groups is 1. The Kier molecular flexibility index (Phi) is 6.60. The highest BCUT2D eigenvalue weighted by Crippen LogP contribution is 2.41. The van der Waals surface area contributed by atoms with Gasteiger partial charge in [0.25, 0.3) is 5.69 Å². The molecule has 0 bridgehead atoms. The van der Waals surface area contributed by atoms with Gasteiger partial charge in [0.1, 0.15) is 14.8 Å². The van der Waals surface area contributed by atoms with Crippen LogP contribution in [0.25, 0.3) is 5.69 Å². The molecule has 6 heteroatoms. The van der Waals surface area contributed by atoms with Crippen molar-refractivity contribution in [3.63, 3.8) is 0 Å². The smallest absolute Gasteiger partial charge is 0.259 e. The molecule has 4 rings (SSSR count). The molecule has 4 aromatic rings. The highest BCUT2D eigenvalue weighted by atomic mass is 79.9. The number of thioether (sulfide) groups is 1. The van der Waals surface area contributed by atoms with E-state index in [0.29, 0.717) is 16.1 Å². The van der Waals surface area contributed by atoms with Gasteiger partial charge in [-0.1, -0.05) is 58.4 Å². The first-order valence-corrected chi connectivity index (χ1v) is 12.4. The number of halogens is 1. The van der Waals surface area contributed by atoms with Crippen LogP contribution in [0.15, 0.2) is 81.7 Å². The number of nitrogens with two attached hydrogens (primary N) is 1. The number of aryl methyl sites for hydroxylation is 2. The van der Waals surface area contributed by atoms with Crippen LogP contribution in [0.4, 0.5) is 5.69 Å². The highest BCUT2D eigenvalue weighted by molar-refractivity contribution is 9.10. The summed E-state index contributed by atoms with van der Waals surface area (Å²) in [4.78, 5) is 13.8. The Bertz CT molecular complexity index is 1210. The lowest BCUT2D eigenvalue weighted by Gasteiger charge is -2.03. The quantitative estimate of drug-likeness (QED) is 0.183. The third-order valence-corrected chi connectivity index (χ3v) is 7.87. The van der Waals surface area contributed by atoms with Crippen molar-refractivity contribution in [2.24, 2.45) is 0 Å². The molecule has 0 fully saturated rings. The van der Waals surface area contributed by atoms with Gasteiger partial charge in [0.05, 0.1) is 0 Å². The number of ketones is 1. The predicted octanol–water partition coefficient (Wildman–Crippen LogP) is 6.51. The van der Waals surface area contributed by atoms with Crippen molar-refractivity contribution >= 4 is 50.5 Å². The van der Waals surface area contributed by atoms with Crippen LogP contribution in [0.5, 0.6) is 0 Å². The molecule has 0 aliphatic heterocycles. The molecule has 0 unspecified atom stereocenters. The number of carbonyl (C=O) groups excluding carboxylic acids is 1. The first-order chi connectivity index (χ1) is 14.9. The van der Waals surface area contributed by atoms with Gasteiger partial charge < -0.3 is 5.73 Å². The van der Waals surface area contributed by atoms with E-state index in [0.717, 1.165) is 31.2 Å². The summed E-state index contributed by atoms with van der Waals surface area (Å²) >= 11 is 6.67. The van der Waals surface area contributed by atoms with Crippen LogP contribution in [0.1, 0.15) is 31.9 Å². The standard InChI is InChI=1S/C25H21BrN2OS2/c1-16-12-17(2)14-28(13-16)22-21(27)24(23(29)19-6-4-3-5-7-19)31-25(22)30-15-18-8-10-20(26)11-9-18/h3-14H,15H2,1-2H3,(H-,27,29)/p+1. The Balaban J connectivity index is 1.77. The van der Waals surface area contributed by atoms with E-state index in [4.69, 9.17) is 5.73 Å². The zero-order valence-electron chi connectivity index (χ0n) is 17.3. The maximum Gasteiger partial charge on any atom is 0.259 e. The van der Waals surface area contributed by atoms with Gasteiger partial charge in [0, 0.05) is 26.9 Å². The highest BCUT2D eigenvalue weighted by Gasteiger charge is 2.28. The molecule has 0 aliphatic carbocycles. The molecule has 31 heavy (non-hydrogen) atoms. The first kappa shape index (κ1) is 21.8. The Morgan fingerprint density at radius 1 is 1.03 bits per heavy atom.